The van der Waals surface area contributed by atoms with Gasteiger partial charge in [0.05, 0.1) is 16.0 Å². The average molecular weight is 292 g/mol. The Labute approximate surface area is 118 Å². The molecular weight excluding hydrogens is 280 g/mol. The third-order valence-corrected chi connectivity index (χ3v) is 4.62. The zero-order valence-corrected chi connectivity index (χ0v) is 12.0. The molecule has 0 radical (unpaired) electrons. The van der Waals surface area contributed by atoms with E-state index in [0.29, 0.717) is 0 Å². The van der Waals surface area contributed by atoms with Crippen molar-refractivity contribution in [3.8, 4) is 0 Å². The van der Waals surface area contributed by atoms with Gasteiger partial charge < -0.3 is 0 Å². The smallest absolute Gasteiger partial charge is 0.161 e. The van der Waals surface area contributed by atoms with Gasteiger partial charge in [-0.2, -0.15) is 0 Å². The molecule has 3 heterocycles. The van der Waals surface area contributed by atoms with Gasteiger partial charge in [-0.15, -0.1) is 16.4 Å². The SMILES string of the molecule is CCCn1nnnc1CSc1ncnc2ccsc12. The van der Waals surface area contributed by atoms with E-state index in [1.807, 2.05) is 16.1 Å². The van der Waals surface area contributed by atoms with E-state index in [1.165, 1.54) is 0 Å². The molecule has 0 unspecified atom stereocenters. The molecule has 0 bridgehead atoms. The lowest BCUT2D eigenvalue weighted by Gasteiger charge is -2.03. The molecule has 0 N–H and O–H groups in total. The van der Waals surface area contributed by atoms with Crippen LogP contribution in [0.15, 0.2) is 22.8 Å². The van der Waals surface area contributed by atoms with Crippen molar-refractivity contribution in [3.63, 3.8) is 0 Å². The highest BCUT2D eigenvalue weighted by molar-refractivity contribution is 7.98. The van der Waals surface area contributed by atoms with E-state index in [1.54, 1.807) is 29.4 Å². The summed E-state index contributed by atoms with van der Waals surface area (Å²) in [4.78, 5) is 8.57. The van der Waals surface area contributed by atoms with Crippen molar-refractivity contribution in [1.29, 1.82) is 0 Å². The standard InChI is InChI=1S/C11H12N6S2/c1-2-4-17-9(14-15-16-17)6-19-11-10-8(3-5-18-10)12-7-13-11/h3,5,7H,2,4,6H2,1H3. The summed E-state index contributed by atoms with van der Waals surface area (Å²) in [5.41, 5.74) is 0.996. The van der Waals surface area contributed by atoms with Crippen LogP contribution in [-0.4, -0.2) is 30.2 Å². The lowest BCUT2D eigenvalue weighted by molar-refractivity contribution is 0.564. The Bertz CT molecular complexity index is 676. The van der Waals surface area contributed by atoms with Crippen LogP contribution in [0.5, 0.6) is 0 Å². The number of hydrogen-bond donors (Lipinski definition) is 0. The Hall–Kier alpha value is -1.54. The van der Waals surface area contributed by atoms with Crippen LogP contribution in [0.1, 0.15) is 19.2 Å². The number of hydrogen-bond acceptors (Lipinski definition) is 7. The fraction of sp³-hybridized carbons (Fsp3) is 0.364. The van der Waals surface area contributed by atoms with Crippen LogP contribution in [-0.2, 0) is 12.3 Å². The highest BCUT2D eigenvalue weighted by Gasteiger charge is 2.09. The van der Waals surface area contributed by atoms with Crippen molar-refractivity contribution >= 4 is 33.3 Å². The van der Waals surface area contributed by atoms with Crippen molar-refractivity contribution in [3.05, 3.63) is 23.6 Å². The van der Waals surface area contributed by atoms with Gasteiger partial charge in [-0.25, -0.2) is 14.6 Å². The molecule has 0 aromatic carbocycles. The minimum absolute atomic E-state index is 0.719. The van der Waals surface area contributed by atoms with Crippen LogP contribution in [0.25, 0.3) is 10.2 Å². The average Bonchev–Trinajstić information content (AvgIpc) is 3.05. The first-order valence-electron chi connectivity index (χ1n) is 5.94. The summed E-state index contributed by atoms with van der Waals surface area (Å²) in [5.74, 6) is 1.60. The van der Waals surface area contributed by atoms with Gasteiger partial charge in [0.2, 0.25) is 0 Å². The number of aryl methyl sites for hydroxylation is 1. The molecule has 3 aromatic rings. The summed E-state index contributed by atoms with van der Waals surface area (Å²) in [5, 5.41) is 14.8. The van der Waals surface area contributed by atoms with Crippen LogP contribution >= 0.6 is 23.1 Å². The van der Waals surface area contributed by atoms with E-state index >= 15 is 0 Å². The van der Waals surface area contributed by atoms with Gasteiger partial charge in [0.1, 0.15) is 11.4 Å². The second-order valence-corrected chi connectivity index (χ2v) is 5.80. The maximum absolute atomic E-state index is 4.34. The monoisotopic (exact) mass is 292 g/mol. The molecule has 98 valence electrons. The second-order valence-electron chi connectivity index (χ2n) is 3.92. The van der Waals surface area contributed by atoms with E-state index in [0.717, 1.165) is 39.8 Å². The summed E-state index contributed by atoms with van der Waals surface area (Å²) in [7, 11) is 0. The van der Waals surface area contributed by atoms with E-state index < -0.39 is 0 Å². The molecule has 0 fully saturated rings. The van der Waals surface area contributed by atoms with Crippen molar-refractivity contribution in [2.24, 2.45) is 0 Å². The zero-order chi connectivity index (χ0) is 13.1. The topological polar surface area (TPSA) is 69.4 Å². The Morgan fingerprint density at radius 1 is 1.37 bits per heavy atom. The van der Waals surface area contributed by atoms with Gasteiger partial charge in [-0.3, -0.25) is 0 Å². The van der Waals surface area contributed by atoms with Gasteiger partial charge in [0.25, 0.3) is 0 Å². The quantitative estimate of drug-likeness (QED) is 0.531. The van der Waals surface area contributed by atoms with Gasteiger partial charge in [0.15, 0.2) is 5.82 Å². The molecule has 6 nitrogen and oxygen atoms in total. The maximum Gasteiger partial charge on any atom is 0.161 e. The van der Waals surface area contributed by atoms with E-state index in [2.05, 4.69) is 32.4 Å². The normalized spacial score (nSPS) is 11.2. The molecule has 0 spiro atoms. The number of rotatable bonds is 5. The molecule has 0 aliphatic rings. The van der Waals surface area contributed by atoms with E-state index in [-0.39, 0.29) is 0 Å². The third-order valence-electron chi connectivity index (χ3n) is 2.59. The molecule has 8 heteroatoms. The van der Waals surface area contributed by atoms with Crippen molar-refractivity contribution in [2.45, 2.75) is 30.7 Å². The first kappa shape index (κ1) is 12.5. The fourth-order valence-corrected chi connectivity index (χ4v) is 3.59. The lowest BCUT2D eigenvalue weighted by atomic mass is 10.5. The predicted molar refractivity (Wildman–Crippen MR) is 75.1 cm³/mol. The molecule has 19 heavy (non-hydrogen) atoms. The number of nitrogens with zero attached hydrogens (tertiary/aromatic N) is 6. The molecule has 0 amide bonds. The van der Waals surface area contributed by atoms with E-state index in [4.69, 9.17) is 0 Å². The fourth-order valence-electron chi connectivity index (χ4n) is 1.71. The first-order chi connectivity index (χ1) is 9.38. The van der Waals surface area contributed by atoms with Crippen LogP contribution in [0.4, 0.5) is 0 Å². The Morgan fingerprint density at radius 2 is 2.32 bits per heavy atom. The number of tetrazole rings is 1. The Morgan fingerprint density at radius 3 is 3.21 bits per heavy atom. The second kappa shape index (κ2) is 5.62. The molecule has 3 aromatic heterocycles. The minimum atomic E-state index is 0.719. The first-order valence-corrected chi connectivity index (χ1v) is 7.81. The van der Waals surface area contributed by atoms with Crippen LogP contribution in [0.3, 0.4) is 0 Å². The maximum atomic E-state index is 4.34. The largest absolute Gasteiger partial charge is 0.235 e. The number of thiophene rings is 1. The zero-order valence-electron chi connectivity index (χ0n) is 10.4. The summed E-state index contributed by atoms with van der Waals surface area (Å²) >= 11 is 3.31. The van der Waals surface area contributed by atoms with E-state index in [9.17, 15) is 0 Å². The number of aromatic nitrogens is 6. The van der Waals surface area contributed by atoms with Crippen LogP contribution < -0.4 is 0 Å². The van der Waals surface area contributed by atoms with Crippen molar-refractivity contribution in [2.75, 3.05) is 0 Å². The lowest BCUT2D eigenvalue weighted by Crippen LogP contribution is -2.04. The van der Waals surface area contributed by atoms with Crippen LogP contribution in [0, 0.1) is 0 Å². The number of thioether (sulfide) groups is 1. The minimum Gasteiger partial charge on any atom is -0.235 e. The van der Waals surface area contributed by atoms with Gasteiger partial charge in [-0.1, -0.05) is 18.7 Å². The summed E-state index contributed by atoms with van der Waals surface area (Å²) in [6.45, 7) is 2.96. The molecule has 3 rings (SSSR count). The molecule has 0 atom stereocenters. The highest BCUT2D eigenvalue weighted by atomic mass is 32.2. The predicted octanol–water partition coefficient (Wildman–Crippen LogP) is 2.38. The summed E-state index contributed by atoms with van der Waals surface area (Å²) < 4.78 is 2.97. The molecule has 0 saturated carbocycles. The number of fused-ring (bicyclic) bond motifs is 1. The van der Waals surface area contributed by atoms with Crippen molar-refractivity contribution in [1.82, 2.24) is 30.2 Å². The third kappa shape index (κ3) is 2.59. The highest BCUT2D eigenvalue weighted by Crippen LogP contribution is 2.30. The van der Waals surface area contributed by atoms with Gasteiger partial charge in [-0.05, 0) is 28.3 Å². The van der Waals surface area contributed by atoms with Gasteiger partial charge in [0, 0.05) is 6.54 Å². The summed E-state index contributed by atoms with van der Waals surface area (Å²) in [6.07, 6.45) is 2.62. The van der Waals surface area contributed by atoms with Crippen molar-refractivity contribution < 1.29 is 0 Å². The molecule has 0 saturated heterocycles. The van der Waals surface area contributed by atoms with Crippen LogP contribution in [0.2, 0.25) is 0 Å². The Kier molecular flexibility index (Phi) is 3.69. The molecule has 0 aliphatic carbocycles. The molecular formula is C11H12N6S2. The molecule has 0 aliphatic heterocycles. The van der Waals surface area contributed by atoms with Gasteiger partial charge >= 0.3 is 0 Å². The Balaban J connectivity index is 1.78. The summed E-state index contributed by atoms with van der Waals surface area (Å²) in [6, 6.07) is 2.01.